The van der Waals surface area contributed by atoms with Crippen molar-refractivity contribution in [3.8, 4) is 0 Å². The maximum Gasteiger partial charge on any atom is 0.0756 e. The van der Waals surface area contributed by atoms with Crippen LogP contribution in [0.5, 0.6) is 0 Å². The van der Waals surface area contributed by atoms with Gasteiger partial charge < -0.3 is 4.18 Å². The Bertz CT molecular complexity index is 583. The summed E-state index contributed by atoms with van der Waals surface area (Å²) >= 11 is 4.13. The minimum absolute atomic E-state index is 0.342. The number of allylic oxidation sites excluding steroid dienone is 1. The van der Waals surface area contributed by atoms with Crippen molar-refractivity contribution in [3.63, 3.8) is 0 Å². The number of hydrogen-bond acceptors (Lipinski definition) is 2. The van der Waals surface area contributed by atoms with Gasteiger partial charge in [0, 0.05) is 0 Å². The molecule has 4 rings (SSSR count). The van der Waals surface area contributed by atoms with Crippen LogP contribution in [0.25, 0.3) is 0 Å². The largest absolute Gasteiger partial charge is 0.315 e. The topological polar surface area (TPSA) is 9.23 Å². The molecule has 0 amide bonds. The van der Waals surface area contributed by atoms with Gasteiger partial charge in [-0.05, 0) is 111 Å². The molecule has 4 aliphatic rings. The van der Waals surface area contributed by atoms with Crippen LogP contribution in [-0.4, -0.2) is 6.10 Å². The highest BCUT2D eigenvalue weighted by molar-refractivity contribution is 7.75. The van der Waals surface area contributed by atoms with E-state index in [0.717, 1.165) is 36.0 Å². The Balaban J connectivity index is 1.45. The maximum absolute atomic E-state index is 5.44. The van der Waals surface area contributed by atoms with E-state index in [0.29, 0.717) is 16.9 Å². The van der Waals surface area contributed by atoms with E-state index in [4.69, 9.17) is 4.18 Å². The summed E-state index contributed by atoms with van der Waals surface area (Å²) in [6.45, 7) is 10.0. The first-order valence-corrected chi connectivity index (χ1v) is 12.7. The van der Waals surface area contributed by atoms with Crippen molar-refractivity contribution in [1.82, 2.24) is 0 Å². The summed E-state index contributed by atoms with van der Waals surface area (Å²) in [4.78, 5) is 0. The monoisotopic (exact) mass is 404 g/mol. The molecule has 0 aromatic carbocycles. The normalized spacial score (nSPS) is 45.4. The summed E-state index contributed by atoms with van der Waals surface area (Å²) in [7, 11) is 0. The van der Waals surface area contributed by atoms with Crippen LogP contribution in [0.2, 0.25) is 0 Å². The van der Waals surface area contributed by atoms with Crippen LogP contribution in [0.1, 0.15) is 105 Å². The van der Waals surface area contributed by atoms with E-state index in [9.17, 15) is 0 Å². The van der Waals surface area contributed by atoms with Crippen LogP contribution in [0.15, 0.2) is 11.6 Å². The minimum Gasteiger partial charge on any atom is -0.315 e. The molecule has 3 saturated carbocycles. The highest BCUT2D eigenvalue weighted by Gasteiger charge is 2.58. The molecule has 0 N–H and O–H groups in total. The van der Waals surface area contributed by atoms with E-state index in [1.807, 2.05) is 0 Å². The van der Waals surface area contributed by atoms with Crippen LogP contribution < -0.4 is 0 Å². The zero-order valence-electron chi connectivity index (χ0n) is 18.9. The van der Waals surface area contributed by atoms with Crippen LogP contribution in [-0.2, 0) is 4.18 Å². The van der Waals surface area contributed by atoms with Crippen molar-refractivity contribution < 1.29 is 4.18 Å². The Morgan fingerprint density at radius 2 is 1.89 bits per heavy atom. The van der Waals surface area contributed by atoms with Crippen LogP contribution in [0.4, 0.5) is 0 Å². The van der Waals surface area contributed by atoms with Gasteiger partial charge in [0.05, 0.1) is 6.10 Å². The Hall–Kier alpha value is 0.0500. The third-order valence-electron chi connectivity index (χ3n) is 9.99. The van der Waals surface area contributed by atoms with Gasteiger partial charge in [-0.2, -0.15) is 0 Å². The second-order valence-electron chi connectivity index (χ2n) is 11.7. The number of thiol groups is 1. The highest BCUT2D eigenvalue weighted by atomic mass is 32.1. The van der Waals surface area contributed by atoms with Gasteiger partial charge in [0.15, 0.2) is 0 Å². The summed E-state index contributed by atoms with van der Waals surface area (Å²) in [5.41, 5.74) is 2.79. The molecule has 160 valence electrons. The lowest BCUT2D eigenvalue weighted by molar-refractivity contribution is -0.0483. The van der Waals surface area contributed by atoms with Gasteiger partial charge in [-0.1, -0.05) is 58.6 Å². The van der Waals surface area contributed by atoms with Crippen LogP contribution in [0, 0.1) is 40.4 Å². The molecule has 0 spiro atoms. The van der Waals surface area contributed by atoms with E-state index >= 15 is 0 Å². The smallest absolute Gasteiger partial charge is 0.0756 e. The quantitative estimate of drug-likeness (QED) is 0.204. The standard InChI is InChI=1S/C26H44OS/c1-18(2)7-5-6-8-19-10-12-23-22-11-9-20-17-21(27-28)13-15-26(20,4)24(22)14-16-25(19,23)3/h9,18-19,21-24,28H,5-8,10-17H2,1-4H3. The van der Waals surface area contributed by atoms with E-state index in [1.165, 1.54) is 70.6 Å². The predicted molar refractivity (Wildman–Crippen MR) is 122 cm³/mol. The maximum atomic E-state index is 5.44. The average Bonchev–Trinajstić information content (AvgIpc) is 3.01. The molecule has 3 fully saturated rings. The van der Waals surface area contributed by atoms with Crippen molar-refractivity contribution in [2.24, 2.45) is 40.4 Å². The van der Waals surface area contributed by atoms with Gasteiger partial charge in [-0.25, -0.2) is 0 Å². The molecule has 1 nitrogen and oxygen atoms in total. The molecule has 2 heteroatoms. The Labute approximate surface area is 180 Å². The number of hydrogen-bond donors (Lipinski definition) is 1. The van der Waals surface area contributed by atoms with Gasteiger partial charge >= 0.3 is 0 Å². The zero-order valence-corrected chi connectivity index (χ0v) is 19.8. The summed E-state index contributed by atoms with van der Waals surface area (Å²) in [5, 5.41) is 0. The van der Waals surface area contributed by atoms with E-state index < -0.39 is 0 Å². The molecular weight excluding hydrogens is 360 g/mol. The van der Waals surface area contributed by atoms with E-state index in [-0.39, 0.29) is 0 Å². The first-order valence-electron chi connectivity index (χ1n) is 12.4. The van der Waals surface area contributed by atoms with E-state index in [2.05, 4.69) is 46.7 Å². The molecule has 7 unspecified atom stereocenters. The molecule has 0 aliphatic heterocycles. The molecular formula is C26H44OS. The summed E-state index contributed by atoms with van der Waals surface area (Å²) in [5.74, 6) is 4.72. The first-order chi connectivity index (χ1) is 13.4. The number of rotatable bonds is 6. The minimum atomic E-state index is 0.342. The zero-order chi connectivity index (χ0) is 19.9. The third-order valence-corrected chi connectivity index (χ3v) is 10.3. The molecule has 0 aromatic heterocycles. The fourth-order valence-electron chi connectivity index (χ4n) is 8.24. The molecule has 4 aliphatic carbocycles. The molecule has 0 heterocycles. The Morgan fingerprint density at radius 3 is 2.64 bits per heavy atom. The highest BCUT2D eigenvalue weighted by Crippen LogP contribution is 2.66. The number of unbranched alkanes of at least 4 members (excludes halogenated alkanes) is 1. The fraction of sp³-hybridized carbons (Fsp3) is 0.923. The summed E-state index contributed by atoms with van der Waals surface area (Å²) < 4.78 is 5.44. The molecule has 0 radical (unpaired) electrons. The average molecular weight is 405 g/mol. The molecule has 0 bridgehead atoms. The summed E-state index contributed by atoms with van der Waals surface area (Å²) in [6.07, 6.45) is 19.8. The van der Waals surface area contributed by atoms with Gasteiger partial charge in [-0.15, -0.1) is 0 Å². The lowest BCUT2D eigenvalue weighted by Gasteiger charge is -2.58. The van der Waals surface area contributed by atoms with Gasteiger partial charge in [0.25, 0.3) is 0 Å². The predicted octanol–water partition coefficient (Wildman–Crippen LogP) is 8.01. The third kappa shape index (κ3) is 3.64. The lowest BCUT2D eigenvalue weighted by Crippen LogP contribution is -2.50. The molecule has 0 aromatic rings. The lowest BCUT2D eigenvalue weighted by atomic mass is 9.47. The SMILES string of the molecule is CC(C)CCCCC1CCC2C3CC=C4CC(OS)CCC4(C)C3CCC12C. The molecule has 28 heavy (non-hydrogen) atoms. The van der Waals surface area contributed by atoms with Gasteiger partial charge in [0.1, 0.15) is 0 Å². The molecule has 7 atom stereocenters. The second-order valence-corrected chi connectivity index (χ2v) is 11.9. The fourth-order valence-corrected chi connectivity index (χ4v) is 8.42. The Morgan fingerprint density at radius 1 is 1.07 bits per heavy atom. The van der Waals surface area contributed by atoms with Crippen LogP contribution >= 0.6 is 12.9 Å². The van der Waals surface area contributed by atoms with Gasteiger partial charge in [0.2, 0.25) is 0 Å². The van der Waals surface area contributed by atoms with Crippen LogP contribution in [0.3, 0.4) is 0 Å². The van der Waals surface area contributed by atoms with Crippen molar-refractivity contribution in [2.45, 2.75) is 111 Å². The second kappa shape index (κ2) is 8.29. The van der Waals surface area contributed by atoms with E-state index in [1.54, 1.807) is 5.57 Å². The number of fused-ring (bicyclic) bond motifs is 5. The molecule has 0 saturated heterocycles. The van der Waals surface area contributed by atoms with Crippen molar-refractivity contribution in [1.29, 1.82) is 0 Å². The Kier molecular flexibility index (Phi) is 6.30. The summed E-state index contributed by atoms with van der Waals surface area (Å²) in [6, 6.07) is 0. The van der Waals surface area contributed by atoms with Crippen molar-refractivity contribution in [2.75, 3.05) is 0 Å². The van der Waals surface area contributed by atoms with Crippen molar-refractivity contribution >= 4 is 12.9 Å². The van der Waals surface area contributed by atoms with Crippen molar-refractivity contribution in [3.05, 3.63) is 11.6 Å². The van der Waals surface area contributed by atoms with Gasteiger partial charge in [-0.3, -0.25) is 0 Å². The first kappa shape index (κ1) is 21.3.